The normalized spacial score (nSPS) is 18.3. The van der Waals surface area contributed by atoms with Crippen molar-refractivity contribution in [1.29, 1.82) is 0 Å². The van der Waals surface area contributed by atoms with Gasteiger partial charge in [-0.1, -0.05) is 28.9 Å². The molecule has 1 aliphatic heterocycles. The standard InChI is InChI=1S/C15H19BrN2O4S/c1-2-23(21,22)7-6-17-15(20)11-8-14(19)18(10-11)13-5-3-4-12(16)9-13/h3-5,9,11H,2,6-8,10H2,1H3,(H,17,20). The number of carbonyl (C=O) groups excluding carboxylic acids is 2. The van der Waals surface area contributed by atoms with Crippen molar-refractivity contribution in [1.82, 2.24) is 5.32 Å². The Morgan fingerprint density at radius 1 is 1.43 bits per heavy atom. The van der Waals surface area contributed by atoms with E-state index in [1.807, 2.05) is 24.3 Å². The van der Waals surface area contributed by atoms with E-state index in [-0.39, 0.29) is 36.3 Å². The minimum Gasteiger partial charge on any atom is -0.355 e. The molecule has 1 N–H and O–H groups in total. The average Bonchev–Trinajstić information content (AvgIpc) is 2.89. The molecule has 6 nitrogen and oxygen atoms in total. The van der Waals surface area contributed by atoms with E-state index >= 15 is 0 Å². The molecule has 23 heavy (non-hydrogen) atoms. The molecular formula is C15H19BrN2O4S. The maximum absolute atomic E-state index is 12.1. The van der Waals surface area contributed by atoms with Crippen molar-refractivity contribution in [3.8, 4) is 0 Å². The Morgan fingerprint density at radius 2 is 2.17 bits per heavy atom. The van der Waals surface area contributed by atoms with Crippen LogP contribution in [0.5, 0.6) is 0 Å². The van der Waals surface area contributed by atoms with Crippen molar-refractivity contribution in [3.05, 3.63) is 28.7 Å². The van der Waals surface area contributed by atoms with E-state index in [0.717, 1.165) is 10.2 Å². The summed E-state index contributed by atoms with van der Waals surface area (Å²) in [5.74, 6) is -0.857. The number of sulfone groups is 1. The van der Waals surface area contributed by atoms with Gasteiger partial charge >= 0.3 is 0 Å². The van der Waals surface area contributed by atoms with Gasteiger partial charge < -0.3 is 10.2 Å². The van der Waals surface area contributed by atoms with Crippen LogP contribution in [0.2, 0.25) is 0 Å². The molecule has 1 heterocycles. The molecule has 126 valence electrons. The summed E-state index contributed by atoms with van der Waals surface area (Å²) in [4.78, 5) is 25.8. The van der Waals surface area contributed by atoms with Crippen LogP contribution < -0.4 is 10.2 Å². The number of nitrogens with zero attached hydrogens (tertiary/aromatic N) is 1. The van der Waals surface area contributed by atoms with Crippen LogP contribution in [0.4, 0.5) is 5.69 Å². The molecule has 0 saturated carbocycles. The molecule has 1 aromatic rings. The van der Waals surface area contributed by atoms with E-state index in [4.69, 9.17) is 0 Å². The molecule has 2 rings (SSSR count). The largest absolute Gasteiger partial charge is 0.355 e. The Balaban J connectivity index is 1.93. The number of benzene rings is 1. The highest BCUT2D eigenvalue weighted by atomic mass is 79.9. The lowest BCUT2D eigenvalue weighted by Crippen LogP contribution is -2.35. The molecule has 1 fully saturated rings. The second-order valence-corrected chi connectivity index (χ2v) is 8.80. The molecule has 1 aliphatic rings. The molecule has 8 heteroatoms. The van der Waals surface area contributed by atoms with Gasteiger partial charge in [-0.3, -0.25) is 9.59 Å². The topological polar surface area (TPSA) is 83.5 Å². The molecule has 0 bridgehead atoms. The number of anilines is 1. The van der Waals surface area contributed by atoms with Crippen molar-refractivity contribution in [3.63, 3.8) is 0 Å². The molecule has 0 spiro atoms. The third kappa shape index (κ3) is 4.78. The summed E-state index contributed by atoms with van der Waals surface area (Å²) in [6, 6.07) is 7.33. The fraction of sp³-hybridized carbons (Fsp3) is 0.467. The van der Waals surface area contributed by atoms with Gasteiger partial charge in [0, 0.05) is 35.4 Å². The van der Waals surface area contributed by atoms with Gasteiger partial charge in [0.15, 0.2) is 9.84 Å². The number of hydrogen-bond acceptors (Lipinski definition) is 4. The average molecular weight is 403 g/mol. The summed E-state index contributed by atoms with van der Waals surface area (Å²) in [5, 5.41) is 2.61. The fourth-order valence-electron chi connectivity index (χ4n) is 2.40. The van der Waals surface area contributed by atoms with E-state index in [1.54, 1.807) is 11.8 Å². The molecular weight excluding hydrogens is 384 g/mol. The SMILES string of the molecule is CCS(=O)(=O)CCNC(=O)C1CC(=O)N(c2cccc(Br)c2)C1. The number of rotatable bonds is 6. The van der Waals surface area contributed by atoms with Crippen LogP contribution in [-0.2, 0) is 19.4 Å². The van der Waals surface area contributed by atoms with Crippen LogP contribution in [0.15, 0.2) is 28.7 Å². The first kappa shape index (κ1) is 17.9. The third-order valence-corrected chi connectivity index (χ3v) is 5.97. The summed E-state index contributed by atoms with van der Waals surface area (Å²) in [7, 11) is -3.11. The molecule has 1 saturated heterocycles. The highest BCUT2D eigenvalue weighted by Crippen LogP contribution is 2.27. The molecule has 0 radical (unpaired) electrons. The van der Waals surface area contributed by atoms with Crippen LogP contribution in [0.3, 0.4) is 0 Å². The Morgan fingerprint density at radius 3 is 2.83 bits per heavy atom. The summed E-state index contributed by atoms with van der Waals surface area (Å²) in [6.45, 7) is 1.96. The zero-order valence-corrected chi connectivity index (χ0v) is 15.2. The second-order valence-electron chi connectivity index (χ2n) is 5.41. The number of hydrogen-bond donors (Lipinski definition) is 1. The van der Waals surface area contributed by atoms with Gasteiger partial charge in [-0.2, -0.15) is 0 Å². The van der Waals surface area contributed by atoms with E-state index in [9.17, 15) is 18.0 Å². The Kier molecular flexibility index (Phi) is 5.80. The summed E-state index contributed by atoms with van der Waals surface area (Å²) >= 11 is 3.36. The Labute approximate surface area is 144 Å². The number of nitrogens with one attached hydrogen (secondary N) is 1. The number of amides is 2. The molecule has 0 aliphatic carbocycles. The lowest BCUT2D eigenvalue weighted by Gasteiger charge is -2.17. The smallest absolute Gasteiger partial charge is 0.227 e. The van der Waals surface area contributed by atoms with Crippen molar-refractivity contribution in [2.75, 3.05) is 29.5 Å². The Bertz CT molecular complexity index is 705. The summed E-state index contributed by atoms with van der Waals surface area (Å²) in [5.41, 5.74) is 0.744. The second kappa shape index (κ2) is 7.44. The van der Waals surface area contributed by atoms with E-state index in [2.05, 4.69) is 21.2 Å². The van der Waals surface area contributed by atoms with Crippen LogP contribution in [0.1, 0.15) is 13.3 Å². The molecule has 1 atom stereocenters. The summed E-state index contributed by atoms with van der Waals surface area (Å²) < 4.78 is 23.7. The van der Waals surface area contributed by atoms with Gasteiger partial charge in [0.25, 0.3) is 0 Å². The highest BCUT2D eigenvalue weighted by molar-refractivity contribution is 9.10. The molecule has 2 amide bonds. The highest BCUT2D eigenvalue weighted by Gasteiger charge is 2.35. The maximum Gasteiger partial charge on any atom is 0.227 e. The molecule has 1 unspecified atom stereocenters. The van der Waals surface area contributed by atoms with E-state index < -0.39 is 15.8 Å². The van der Waals surface area contributed by atoms with Gasteiger partial charge in [-0.05, 0) is 18.2 Å². The van der Waals surface area contributed by atoms with Gasteiger partial charge in [0.05, 0.1) is 11.7 Å². The number of carbonyl (C=O) groups is 2. The van der Waals surface area contributed by atoms with Gasteiger partial charge in [-0.15, -0.1) is 0 Å². The van der Waals surface area contributed by atoms with Gasteiger partial charge in [0.1, 0.15) is 0 Å². The van der Waals surface area contributed by atoms with E-state index in [0.29, 0.717) is 6.54 Å². The van der Waals surface area contributed by atoms with Crippen molar-refractivity contribution in [2.45, 2.75) is 13.3 Å². The summed E-state index contributed by atoms with van der Waals surface area (Å²) in [6.07, 6.45) is 0.138. The zero-order valence-electron chi connectivity index (χ0n) is 12.8. The maximum atomic E-state index is 12.1. The van der Waals surface area contributed by atoms with Crippen molar-refractivity contribution >= 4 is 43.3 Å². The monoisotopic (exact) mass is 402 g/mol. The van der Waals surface area contributed by atoms with Crippen LogP contribution in [-0.4, -0.2) is 44.8 Å². The number of halogens is 1. The molecule has 1 aromatic carbocycles. The van der Waals surface area contributed by atoms with Gasteiger partial charge in [-0.25, -0.2) is 8.42 Å². The minimum atomic E-state index is -3.11. The minimum absolute atomic E-state index is 0.0570. The van der Waals surface area contributed by atoms with Crippen LogP contribution in [0.25, 0.3) is 0 Å². The first-order valence-electron chi connectivity index (χ1n) is 7.36. The quantitative estimate of drug-likeness (QED) is 0.778. The van der Waals surface area contributed by atoms with E-state index in [1.165, 1.54) is 0 Å². The van der Waals surface area contributed by atoms with Crippen LogP contribution >= 0.6 is 15.9 Å². The first-order chi connectivity index (χ1) is 10.8. The lowest BCUT2D eigenvalue weighted by molar-refractivity contribution is -0.126. The predicted octanol–water partition coefficient (Wildman–Crippen LogP) is 1.35. The zero-order chi connectivity index (χ0) is 17.0. The van der Waals surface area contributed by atoms with Crippen molar-refractivity contribution < 1.29 is 18.0 Å². The van der Waals surface area contributed by atoms with Crippen molar-refractivity contribution in [2.24, 2.45) is 5.92 Å². The van der Waals surface area contributed by atoms with Crippen LogP contribution in [0, 0.1) is 5.92 Å². The lowest BCUT2D eigenvalue weighted by atomic mass is 10.1. The third-order valence-electron chi connectivity index (χ3n) is 3.77. The first-order valence-corrected chi connectivity index (χ1v) is 9.98. The predicted molar refractivity (Wildman–Crippen MR) is 91.9 cm³/mol. The van der Waals surface area contributed by atoms with Gasteiger partial charge in [0.2, 0.25) is 11.8 Å². The molecule has 0 aromatic heterocycles. The fourth-order valence-corrected chi connectivity index (χ4v) is 3.48. The Hall–Kier alpha value is -1.41.